The summed E-state index contributed by atoms with van der Waals surface area (Å²) in [6.45, 7) is 2.74. The largest absolute Gasteiger partial charge is 0.379 e. The van der Waals surface area contributed by atoms with Gasteiger partial charge in [-0.1, -0.05) is 12.1 Å². The number of H-pyrrole nitrogens is 1. The van der Waals surface area contributed by atoms with Crippen LogP contribution in [0.4, 0.5) is 5.69 Å². The SMILES string of the molecule is Cc1ncc(CNc2cccc(-c3n[nH]c(C4CC4)n3)c2)n1C. The fraction of sp³-hybridized carbons (Fsp3) is 0.353. The van der Waals surface area contributed by atoms with E-state index in [4.69, 9.17) is 0 Å². The second-order valence-corrected chi connectivity index (χ2v) is 6.11. The van der Waals surface area contributed by atoms with E-state index in [2.05, 4.69) is 42.2 Å². The van der Waals surface area contributed by atoms with Crippen LogP contribution in [-0.2, 0) is 13.6 Å². The maximum Gasteiger partial charge on any atom is 0.181 e. The molecule has 3 aromatic rings. The summed E-state index contributed by atoms with van der Waals surface area (Å²) < 4.78 is 2.09. The van der Waals surface area contributed by atoms with Gasteiger partial charge in [0.25, 0.3) is 0 Å². The van der Waals surface area contributed by atoms with Crippen LogP contribution in [-0.4, -0.2) is 24.7 Å². The van der Waals surface area contributed by atoms with Gasteiger partial charge in [-0.2, -0.15) is 5.10 Å². The highest BCUT2D eigenvalue weighted by Crippen LogP contribution is 2.38. The average Bonchev–Trinajstić information content (AvgIpc) is 3.22. The van der Waals surface area contributed by atoms with Crippen molar-refractivity contribution in [2.24, 2.45) is 7.05 Å². The molecular weight excluding hydrogens is 288 g/mol. The quantitative estimate of drug-likeness (QED) is 0.760. The number of aromatic amines is 1. The molecule has 2 heterocycles. The molecular formula is C17H20N6. The number of hydrogen-bond acceptors (Lipinski definition) is 4. The standard InChI is InChI=1S/C17H20N6/c1-11-18-9-15(23(11)2)10-19-14-5-3-4-13(8-14)17-20-16(21-22-17)12-6-7-12/h3-5,8-9,12,19H,6-7,10H2,1-2H3,(H,20,21,22). The summed E-state index contributed by atoms with van der Waals surface area (Å²) in [6, 6.07) is 8.21. The van der Waals surface area contributed by atoms with E-state index in [-0.39, 0.29) is 0 Å². The van der Waals surface area contributed by atoms with Gasteiger partial charge in [-0.05, 0) is 31.9 Å². The maximum atomic E-state index is 4.61. The second kappa shape index (κ2) is 5.53. The van der Waals surface area contributed by atoms with Gasteiger partial charge in [-0.15, -0.1) is 0 Å². The van der Waals surface area contributed by atoms with Crippen LogP contribution in [0.1, 0.15) is 36.1 Å². The Morgan fingerprint density at radius 1 is 1.35 bits per heavy atom. The molecule has 23 heavy (non-hydrogen) atoms. The Hall–Kier alpha value is -2.63. The molecule has 1 aliphatic carbocycles. The van der Waals surface area contributed by atoms with Crippen molar-refractivity contribution < 1.29 is 0 Å². The monoisotopic (exact) mass is 308 g/mol. The first-order valence-corrected chi connectivity index (χ1v) is 7.94. The third-order valence-electron chi connectivity index (χ3n) is 4.38. The minimum absolute atomic E-state index is 0.589. The van der Waals surface area contributed by atoms with Gasteiger partial charge in [-0.3, -0.25) is 5.10 Å². The molecule has 1 fully saturated rings. The lowest BCUT2D eigenvalue weighted by Gasteiger charge is -2.08. The van der Waals surface area contributed by atoms with Crippen molar-refractivity contribution in [3.05, 3.63) is 47.8 Å². The number of aromatic nitrogens is 5. The van der Waals surface area contributed by atoms with Crippen LogP contribution < -0.4 is 5.32 Å². The fourth-order valence-corrected chi connectivity index (χ4v) is 2.62. The van der Waals surface area contributed by atoms with Gasteiger partial charge in [0.1, 0.15) is 11.6 Å². The van der Waals surface area contributed by atoms with Gasteiger partial charge in [0.15, 0.2) is 5.82 Å². The van der Waals surface area contributed by atoms with Gasteiger partial charge in [-0.25, -0.2) is 9.97 Å². The van der Waals surface area contributed by atoms with Crippen molar-refractivity contribution in [2.75, 3.05) is 5.32 Å². The third-order valence-corrected chi connectivity index (χ3v) is 4.38. The Bertz CT molecular complexity index is 827. The summed E-state index contributed by atoms with van der Waals surface area (Å²) >= 11 is 0. The molecule has 4 rings (SSSR count). The predicted octanol–water partition coefficient (Wildman–Crippen LogP) is 3.00. The van der Waals surface area contributed by atoms with E-state index in [1.165, 1.54) is 12.8 Å². The van der Waals surface area contributed by atoms with Crippen LogP contribution in [0.5, 0.6) is 0 Å². The molecule has 118 valence electrons. The van der Waals surface area contributed by atoms with E-state index in [0.717, 1.165) is 41.0 Å². The summed E-state index contributed by atoms with van der Waals surface area (Å²) in [6.07, 6.45) is 4.35. The molecule has 0 spiro atoms. The van der Waals surface area contributed by atoms with Crippen LogP contribution in [0, 0.1) is 6.92 Å². The first-order valence-electron chi connectivity index (χ1n) is 7.94. The van der Waals surface area contributed by atoms with Gasteiger partial charge >= 0.3 is 0 Å². The van der Waals surface area contributed by atoms with Crippen LogP contribution in [0.2, 0.25) is 0 Å². The van der Waals surface area contributed by atoms with E-state index in [0.29, 0.717) is 5.92 Å². The molecule has 0 unspecified atom stereocenters. The van der Waals surface area contributed by atoms with E-state index < -0.39 is 0 Å². The van der Waals surface area contributed by atoms with Gasteiger partial charge < -0.3 is 9.88 Å². The molecule has 0 radical (unpaired) electrons. The van der Waals surface area contributed by atoms with Crippen molar-refractivity contribution in [1.29, 1.82) is 0 Å². The Labute approximate surface area is 135 Å². The lowest BCUT2D eigenvalue weighted by molar-refractivity contribution is 0.801. The van der Waals surface area contributed by atoms with E-state index in [1.54, 1.807) is 0 Å². The van der Waals surface area contributed by atoms with Crippen LogP contribution >= 0.6 is 0 Å². The fourth-order valence-electron chi connectivity index (χ4n) is 2.62. The molecule has 0 saturated heterocycles. The number of aryl methyl sites for hydroxylation is 1. The first-order chi connectivity index (χ1) is 11.2. The van der Waals surface area contributed by atoms with Crippen molar-refractivity contribution in [2.45, 2.75) is 32.2 Å². The van der Waals surface area contributed by atoms with Gasteiger partial charge in [0.2, 0.25) is 0 Å². The lowest BCUT2D eigenvalue weighted by atomic mass is 10.2. The number of hydrogen-bond donors (Lipinski definition) is 2. The Morgan fingerprint density at radius 3 is 2.96 bits per heavy atom. The highest BCUT2D eigenvalue weighted by molar-refractivity contribution is 5.62. The van der Waals surface area contributed by atoms with Crippen molar-refractivity contribution in [1.82, 2.24) is 24.7 Å². The van der Waals surface area contributed by atoms with Gasteiger partial charge in [0.05, 0.1) is 18.4 Å². The molecule has 2 aromatic heterocycles. The third kappa shape index (κ3) is 2.84. The zero-order valence-corrected chi connectivity index (χ0v) is 13.4. The Morgan fingerprint density at radius 2 is 2.22 bits per heavy atom. The second-order valence-electron chi connectivity index (χ2n) is 6.11. The minimum Gasteiger partial charge on any atom is -0.379 e. The normalized spacial score (nSPS) is 14.2. The highest BCUT2D eigenvalue weighted by Gasteiger charge is 2.27. The highest BCUT2D eigenvalue weighted by atomic mass is 15.2. The van der Waals surface area contributed by atoms with Crippen LogP contribution in [0.25, 0.3) is 11.4 Å². The molecule has 0 atom stereocenters. The molecule has 0 amide bonds. The summed E-state index contributed by atoms with van der Waals surface area (Å²) in [4.78, 5) is 8.93. The molecule has 2 N–H and O–H groups in total. The maximum absolute atomic E-state index is 4.61. The van der Waals surface area contributed by atoms with Crippen LogP contribution in [0.3, 0.4) is 0 Å². The van der Waals surface area contributed by atoms with E-state index >= 15 is 0 Å². The number of anilines is 1. The molecule has 1 saturated carbocycles. The van der Waals surface area contributed by atoms with E-state index in [1.807, 2.05) is 32.3 Å². The van der Waals surface area contributed by atoms with Gasteiger partial charge in [0, 0.05) is 24.2 Å². The molecule has 6 nitrogen and oxygen atoms in total. The average molecular weight is 308 g/mol. The topological polar surface area (TPSA) is 71.4 Å². The number of rotatable bonds is 5. The summed E-state index contributed by atoms with van der Waals surface area (Å²) in [5, 5.41) is 10.8. The lowest BCUT2D eigenvalue weighted by Crippen LogP contribution is -2.05. The predicted molar refractivity (Wildman–Crippen MR) is 89.1 cm³/mol. The summed E-state index contributed by atoms with van der Waals surface area (Å²) in [7, 11) is 2.03. The number of imidazole rings is 1. The number of nitrogens with zero attached hydrogens (tertiary/aromatic N) is 4. The molecule has 6 heteroatoms. The molecule has 0 aliphatic heterocycles. The zero-order valence-electron chi connectivity index (χ0n) is 13.4. The van der Waals surface area contributed by atoms with Crippen molar-refractivity contribution in [3.63, 3.8) is 0 Å². The smallest absolute Gasteiger partial charge is 0.181 e. The molecule has 1 aliphatic rings. The summed E-state index contributed by atoms with van der Waals surface area (Å²) in [5.41, 5.74) is 3.24. The molecule has 0 bridgehead atoms. The van der Waals surface area contributed by atoms with Crippen LogP contribution in [0.15, 0.2) is 30.5 Å². The van der Waals surface area contributed by atoms with E-state index in [9.17, 15) is 0 Å². The number of nitrogens with one attached hydrogen (secondary N) is 2. The Balaban J connectivity index is 1.50. The first kappa shape index (κ1) is 14.0. The summed E-state index contributed by atoms with van der Waals surface area (Å²) in [5.74, 6) is 3.39. The zero-order chi connectivity index (χ0) is 15.8. The van der Waals surface area contributed by atoms with Crippen molar-refractivity contribution in [3.8, 4) is 11.4 Å². The number of benzene rings is 1. The minimum atomic E-state index is 0.589. The van der Waals surface area contributed by atoms with Crippen molar-refractivity contribution >= 4 is 5.69 Å². The molecule has 1 aromatic carbocycles. The Kier molecular flexibility index (Phi) is 3.37.